The molecule has 2 rings (SSSR count). The highest BCUT2D eigenvalue weighted by Crippen LogP contribution is 2.24. The number of unbranched alkanes of at least 4 members (excludes halogenated alkanes) is 1. The first kappa shape index (κ1) is 24.6. The number of alkyl carbamates (subject to hydrolysis) is 1. The first-order chi connectivity index (χ1) is 14.2. The Morgan fingerprint density at radius 3 is 2.50 bits per heavy atom. The number of carbonyl (C=O) groups is 1. The van der Waals surface area contributed by atoms with Crippen LogP contribution in [-0.4, -0.2) is 61.0 Å². The van der Waals surface area contributed by atoms with E-state index < -0.39 is 29.6 Å². The van der Waals surface area contributed by atoms with Crippen molar-refractivity contribution in [2.75, 3.05) is 26.3 Å². The number of amides is 1. The van der Waals surface area contributed by atoms with Crippen molar-refractivity contribution < 1.29 is 24.1 Å². The minimum absolute atomic E-state index is 0.386. The molecule has 1 aromatic carbocycles. The van der Waals surface area contributed by atoms with Crippen LogP contribution < -0.4 is 10.6 Å². The number of hydrogen-bond acceptors (Lipinski definition) is 6. The molecule has 0 radical (unpaired) electrons. The van der Waals surface area contributed by atoms with Gasteiger partial charge >= 0.3 is 6.09 Å². The maximum absolute atomic E-state index is 12.2. The fourth-order valence-electron chi connectivity index (χ4n) is 3.40. The summed E-state index contributed by atoms with van der Waals surface area (Å²) >= 11 is 0. The number of aliphatic hydroxyl groups is 1. The van der Waals surface area contributed by atoms with Crippen LogP contribution in [0, 0.1) is 0 Å². The molecular formula is C23H38N2O5. The standard InChI is InChI=1S/C23H38N2O5/c1-22(2,3)30-21(27)25-19(16-18-10-6-5-7-11-18)20(26)17-24-13-9-8-12-23(4)28-14-15-29-23/h5-7,10-11,19-20,24,26H,8-9,12-17H2,1-4H3,(H,25,27)/t19-,20?/m0/s1. The average Bonchev–Trinajstić information content (AvgIpc) is 3.10. The fraction of sp³-hybridized carbons (Fsp3) is 0.696. The second-order valence-corrected chi connectivity index (χ2v) is 9.00. The smallest absolute Gasteiger partial charge is 0.407 e. The summed E-state index contributed by atoms with van der Waals surface area (Å²) in [6.45, 7) is 9.92. The van der Waals surface area contributed by atoms with Crippen molar-refractivity contribution in [1.29, 1.82) is 0 Å². The Hall–Kier alpha value is -1.67. The third-order valence-electron chi connectivity index (χ3n) is 4.95. The van der Waals surface area contributed by atoms with E-state index in [9.17, 15) is 9.90 Å². The van der Waals surface area contributed by atoms with Gasteiger partial charge in [-0.1, -0.05) is 30.3 Å². The Labute approximate surface area is 180 Å². The van der Waals surface area contributed by atoms with Crippen LogP contribution in [0.1, 0.15) is 52.5 Å². The SMILES string of the molecule is CC(C)(C)OC(=O)N[C@@H](Cc1ccccc1)C(O)CNCCCCC1(C)OCCO1. The number of ether oxygens (including phenoxy) is 3. The third kappa shape index (κ3) is 9.43. The van der Waals surface area contributed by atoms with Crippen molar-refractivity contribution in [3.8, 4) is 0 Å². The molecule has 1 saturated heterocycles. The molecule has 1 amide bonds. The number of aliphatic hydroxyl groups excluding tert-OH is 1. The number of hydrogen-bond donors (Lipinski definition) is 3. The fourth-order valence-corrected chi connectivity index (χ4v) is 3.40. The highest BCUT2D eigenvalue weighted by atomic mass is 16.7. The Kier molecular flexibility index (Phi) is 9.55. The lowest BCUT2D eigenvalue weighted by molar-refractivity contribution is -0.147. The summed E-state index contributed by atoms with van der Waals surface area (Å²) in [5.41, 5.74) is 0.455. The molecule has 1 heterocycles. The first-order valence-corrected chi connectivity index (χ1v) is 10.9. The maximum Gasteiger partial charge on any atom is 0.407 e. The lowest BCUT2D eigenvalue weighted by Gasteiger charge is -2.27. The molecule has 0 bridgehead atoms. The summed E-state index contributed by atoms with van der Waals surface area (Å²) in [7, 11) is 0. The quantitative estimate of drug-likeness (QED) is 0.475. The van der Waals surface area contributed by atoms with Crippen molar-refractivity contribution in [1.82, 2.24) is 10.6 Å². The molecule has 0 saturated carbocycles. The van der Waals surface area contributed by atoms with Gasteiger partial charge in [-0.25, -0.2) is 4.79 Å². The topological polar surface area (TPSA) is 89.1 Å². The number of rotatable bonds is 11. The zero-order valence-corrected chi connectivity index (χ0v) is 18.8. The molecule has 30 heavy (non-hydrogen) atoms. The van der Waals surface area contributed by atoms with E-state index >= 15 is 0 Å². The Bertz CT molecular complexity index is 626. The predicted molar refractivity (Wildman–Crippen MR) is 116 cm³/mol. The largest absolute Gasteiger partial charge is 0.444 e. The van der Waals surface area contributed by atoms with Gasteiger partial charge in [0.1, 0.15) is 5.60 Å². The molecule has 0 aliphatic carbocycles. The Balaban J connectivity index is 1.77. The summed E-state index contributed by atoms with van der Waals surface area (Å²) < 4.78 is 16.6. The molecule has 170 valence electrons. The van der Waals surface area contributed by atoms with Gasteiger partial charge in [0.2, 0.25) is 0 Å². The molecule has 1 aliphatic heterocycles. The van der Waals surface area contributed by atoms with Crippen LogP contribution in [0.15, 0.2) is 30.3 Å². The lowest BCUT2D eigenvalue weighted by atomic mass is 10.0. The van der Waals surface area contributed by atoms with Crippen LogP contribution in [0.3, 0.4) is 0 Å². The van der Waals surface area contributed by atoms with Crippen LogP contribution >= 0.6 is 0 Å². The van der Waals surface area contributed by atoms with E-state index in [4.69, 9.17) is 14.2 Å². The summed E-state index contributed by atoms with van der Waals surface area (Å²) in [5, 5.41) is 16.8. The van der Waals surface area contributed by atoms with Crippen LogP contribution in [0.2, 0.25) is 0 Å². The van der Waals surface area contributed by atoms with E-state index in [0.29, 0.717) is 26.2 Å². The van der Waals surface area contributed by atoms with E-state index in [-0.39, 0.29) is 0 Å². The van der Waals surface area contributed by atoms with Crippen molar-refractivity contribution >= 4 is 6.09 Å². The minimum atomic E-state index is -0.739. The zero-order chi connectivity index (χ0) is 22.0. The van der Waals surface area contributed by atoms with Crippen LogP contribution in [0.5, 0.6) is 0 Å². The average molecular weight is 423 g/mol. The van der Waals surface area contributed by atoms with Crippen molar-refractivity contribution in [2.45, 2.75) is 76.9 Å². The molecule has 1 aliphatic rings. The van der Waals surface area contributed by atoms with Gasteiger partial charge in [0.25, 0.3) is 0 Å². The van der Waals surface area contributed by atoms with E-state index in [1.165, 1.54) is 0 Å². The number of benzene rings is 1. The van der Waals surface area contributed by atoms with Gasteiger partial charge in [0.15, 0.2) is 5.79 Å². The van der Waals surface area contributed by atoms with E-state index in [0.717, 1.165) is 31.4 Å². The van der Waals surface area contributed by atoms with Crippen LogP contribution in [-0.2, 0) is 20.6 Å². The summed E-state index contributed by atoms with van der Waals surface area (Å²) in [5.74, 6) is -0.447. The first-order valence-electron chi connectivity index (χ1n) is 10.9. The van der Waals surface area contributed by atoms with Gasteiger partial charge in [-0.05, 0) is 59.1 Å². The molecule has 7 heteroatoms. The van der Waals surface area contributed by atoms with Gasteiger partial charge < -0.3 is 30.0 Å². The number of nitrogens with one attached hydrogen (secondary N) is 2. The van der Waals surface area contributed by atoms with Gasteiger partial charge in [-0.3, -0.25) is 0 Å². The molecule has 2 atom stereocenters. The molecule has 1 unspecified atom stereocenters. The Morgan fingerprint density at radius 2 is 1.87 bits per heavy atom. The van der Waals surface area contributed by atoms with Crippen LogP contribution in [0.4, 0.5) is 4.79 Å². The van der Waals surface area contributed by atoms with Crippen molar-refractivity contribution in [3.63, 3.8) is 0 Å². The minimum Gasteiger partial charge on any atom is -0.444 e. The number of carbonyl (C=O) groups excluding carboxylic acids is 1. The van der Waals surface area contributed by atoms with Gasteiger partial charge in [0.05, 0.1) is 25.4 Å². The second-order valence-electron chi connectivity index (χ2n) is 9.00. The summed E-state index contributed by atoms with van der Waals surface area (Å²) in [6.07, 6.45) is 2.05. The summed E-state index contributed by atoms with van der Waals surface area (Å²) in [4.78, 5) is 12.2. The van der Waals surface area contributed by atoms with Gasteiger partial charge in [0, 0.05) is 13.0 Å². The third-order valence-corrected chi connectivity index (χ3v) is 4.95. The molecule has 7 nitrogen and oxygen atoms in total. The monoisotopic (exact) mass is 422 g/mol. The van der Waals surface area contributed by atoms with Gasteiger partial charge in [-0.2, -0.15) is 0 Å². The van der Waals surface area contributed by atoms with Crippen LogP contribution in [0.25, 0.3) is 0 Å². The predicted octanol–water partition coefficient (Wildman–Crippen LogP) is 3.01. The summed E-state index contributed by atoms with van der Waals surface area (Å²) in [6, 6.07) is 9.36. The van der Waals surface area contributed by atoms with E-state index in [1.54, 1.807) is 0 Å². The second kappa shape index (κ2) is 11.6. The maximum atomic E-state index is 12.2. The van der Waals surface area contributed by atoms with E-state index in [1.807, 2.05) is 58.0 Å². The lowest BCUT2D eigenvalue weighted by Crippen LogP contribution is -2.50. The molecule has 1 fully saturated rings. The normalized spacial score (nSPS) is 18.0. The molecule has 0 aromatic heterocycles. The van der Waals surface area contributed by atoms with Crippen molar-refractivity contribution in [3.05, 3.63) is 35.9 Å². The Morgan fingerprint density at radius 1 is 1.20 bits per heavy atom. The zero-order valence-electron chi connectivity index (χ0n) is 18.8. The molecule has 1 aromatic rings. The molecular weight excluding hydrogens is 384 g/mol. The molecule has 3 N–H and O–H groups in total. The van der Waals surface area contributed by atoms with E-state index in [2.05, 4.69) is 10.6 Å². The highest BCUT2D eigenvalue weighted by Gasteiger charge is 2.30. The van der Waals surface area contributed by atoms with Gasteiger partial charge in [-0.15, -0.1) is 0 Å². The highest BCUT2D eigenvalue weighted by molar-refractivity contribution is 5.68. The van der Waals surface area contributed by atoms with Crippen molar-refractivity contribution in [2.24, 2.45) is 0 Å². The molecule has 0 spiro atoms.